The van der Waals surface area contributed by atoms with Gasteiger partial charge in [-0.15, -0.1) is 0 Å². The predicted molar refractivity (Wildman–Crippen MR) is 135 cm³/mol. The lowest BCUT2D eigenvalue weighted by Crippen LogP contribution is -2.46. The molecule has 3 aromatic rings. The number of carbonyl (C=O) groups excluding carboxylic acids is 2. The first-order valence-electron chi connectivity index (χ1n) is 11.2. The van der Waals surface area contributed by atoms with Crippen molar-refractivity contribution in [2.75, 3.05) is 7.11 Å². The van der Waals surface area contributed by atoms with Crippen LogP contribution in [0.5, 0.6) is 5.75 Å². The highest BCUT2D eigenvalue weighted by Crippen LogP contribution is 2.33. The average Bonchev–Trinajstić information content (AvgIpc) is 3.49. The summed E-state index contributed by atoms with van der Waals surface area (Å²) >= 11 is 13.3. The van der Waals surface area contributed by atoms with Crippen molar-refractivity contribution < 1.29 is 18.7 Å². The Morgan fingerprint density at radius 2 is 1.80 bits per heavy atom. The molecule has 1 heterocycles. The largest absolute Gasteiger partial charge is 0.497 e. The van der Waals surface area contributed by atoms with Crippen LogP contribution >= 0.6 is 34.7 Å². The third-order valence-electron chi connectivity index (χ3n) is 6.02. The zero-order valence-corrected chi connectivity index (χ0v) is 21.3. The van der Waals surface area contributed by atoms with Crippen molar-refractivity contribution in [1.82, 2.24) is 14.6 Å². The second kappa shape index (κ2) is 11.4. The number of benzene rings is 2. The first-order valence-corrected chi connectivity index (χ1v) is 12.7. The Balaban J connectivity index is 1.76. The molecule has 4 rings (SSSR count). The van der Waals surface area contributed by atoms with Crippen LogP contribution in [0.4, 0.5) is 4.39 Å². The Bertz CT molecular complexity index is 1180. The normalized spacial score (nSPS) is 14.5. The van der Waals surface area contributed by atoms with Crippen LogP contribution in [0.1, 0.15) is 53.3 Å². The molecule has 1 aromatic heterocycles. The van der Waals surface area contributed by atoms with Crippen molar-refractivity contribution in [3.8, 4) is 5.75 Å². The second-order valence-corrected chi connectivity index (χ2v) is 10.1. The zero-order valence-electron chi connectivity index (χ0n) is 19.0. The molecule has 184 valence electrons. The van der Waals surface area contributed by atoms with Crippen LogP contribution in [0.3, 0.4) is 0 Å². The summed E-state index contributed by atoms with van der Waals surface area (Å²) in [6.45, 7) is 0.0778. The van der Waals surface area contributed by atoms with Crippen molar-refractivity contribution in [3.05, 3.63) is 80.5 Å². The highest BCUT2D eigenvalue weighted by atomic mass is 35.5. The van der Waals surface area contributed by atoms with Crippen molar-refractivity contribution in [3.63, 3.8) is 0 Å². The number of hydrogen-bond donors (Lipinski definition) is 1. The van der Waals surface area contributed by atoms with E-state index in [0.717, 1.165) is 42.8 Å². The van der Waals surface area contributed by atoms with Gasteiger partial charge in [0, 0.05) is 12.6 Å². The summed E-state index contributed by atoms with van der Waals surface area (Å²) in [5.41, 5.74) is 1.20. The van der Waals surface area contributed by atoms with Gasteiger partial charge in [-0.25, -0.2) is 4.39 Å². The summed E-state index contributed by atoms with van der Waals surface area (Å²) in [6, 6.07) is 11.7. The standard InChI is InChI=1S/C25H24Cl2FN3O3S/c1-34-19-12-6-15(7-13-19)14-31(25(33)21-20(26)23(27)35-30-21)22(16-8-10-17(28)11-9-16)24(32)29-18-4-2-3-5-18/h6-13,18,22H,2-5,14H2,1H3,(H,29,32)/t22-/m1/s1. The van der Waals surface area contributed by atoms with Crippen molar-refractivity contribution in [2.45, 2.75) is 44.3 Å². The smallest absolute Gasteiger partial charge is 0.276 e. The number of nitrogens with zero attached hydrogens (tertiary/aromatic N) is 2. The van der Waals surface area contributed by atoms with Crippen molar-refractivity contribution >= 4 is 46.5 Å². The fourth-order valence-corrected chi connectivity index (χ4v) is 5.19. The first-order chi connectivity index (χ1) is 16.9. The van der Waals surface area contributed by atoms with E-state index in [1.54, 1.807) is 19.2 Å². The van der Waals surface area contributed by atoms with Gasteiger partial charge in [0.2, 0.25) is 5.91 Å². The molecule has 1 aliphatic rings. The molecule has 35 heavy (non-hydrogen) atoms. The first kappa shape index (κ1) is 25.4. The van der Waals surface area contributed by atoms with Gasteiger partial charge in [0.05, 0.1) is 7.11 Å². The van der Waals surface area contributed by atoms with E-state index in [2.05, 4.69) is 9.69 Å². The van der Waals surface area contributed by atoms with E-state index in [9.17, 15) is 14.0 Å². The van der Waals surface area contributed by atoms with Gasteiger partial charge >= 0.3 is 0 Å². The van der Waals surface area contributed by atoms with E-state index >= 15 is 0 Å². The minimum absolute atomic E-state index is 0.0284. The van der Waals surface area contributed by atoms with E-state index < -0.39 is 17.8 Å². The summed E-state index contributed by atoms with van der Waals surface area (Å²) in [4.78, 5) is 28.8. The summed E-state index contributed by atoms with van der Waals surface area (Å²) < 4.78 is 23.3. The minimum atomic E-state index is -1.04. The monoisotopic (exact) mass is 535 g/mol. The Morgan fingerprint density at radius 3 is 2.37 bits per heavy atom. The van der Waals surface area contributed by atoms with Crippen LogP contribution in [-0.4, -0.2) is 34.2 Å². The fraction of sp³-hybridized carbons (Fsp3) is 0.320. The molecular formula is C25H24Cl2FN3O3S. The van der Waals surface area contributed by atoms with Crippen molar-refractivity contribution in [2.24, 2.45) is 0 Å². The van der Waals surface area contributed by atoms with Crippen LogP contribution in [0.25, 0.3) is 0 Å². The Kier molecular flexibility index (Phi) is 8.26. The third-order valence-corrected chi connectivity index (χ3v) is 7.63. The molecule has 0 aliphatic heterocycles. The van der Waals surface area contributed by atoms with Gasteiger partial charge in [-0.05, 0) is 59.8 Å². The number of halogens is 3. The van der Waals surface area contributed by atoms with E-state index in [4.69, 9.17) is 27.9 Å². The Morgan fingerprint density at radius 1 is 1.14 bits per heavy atom. The number of aromatic nitrogens is 1. The molecule has 1 atom stereocenters. The van der Waals surface area contributed by atoms with Gasteiger partial charge in [-0.2, -0.15) is 4.37 Å². The third kappa shape index (κ3) is 5.94. The molecule has 2 amide bonds. The van der Waals surface area contributed by atoms with E-state index in [1.165, 1.54) is 29.2 Å². The molecule has 0 bridgehead atoms. The molecule has 1 N–H and O–H groups in total. The van der Waals surface area contributed by atoms with Crippen LogP contribution in [0.15, 0.2) is 48.5 Å². The van der Waals surface area contributed by atoms with Crippen LogP contribution in [0.2, 0.25) is 9.36 Å². The molecule has 0 saturated heterocycles. The lowest BCUT2D eigenvalue weighted by molar-refractivity contribution is -0.126. The summed E-state index contributed by atoms with van der Waals surface area (Å²) in [7, 11) is 1.57. The Hall–Kier alpha value is -2.68. The van der Waals surface area contributed by atoms with Gasteiger partial charge in [0.25, 0.3) is 5.91 Å². The predicted octanol–water partition coefficient (Wildman–Crippen LogP) is 6.04. The molecule has 10 heteroatoms. The van der Waals surface area contributed by atoms with Gasteiger partial charge in [-0.3, -0.25) is 9.59 Å². The lowest BCUT2D eigenvalue weighted by Gasteiger charge is -2.32. The molecule has 1 fully saturated rings. The van der Waals surface area contributed by atoms with Gasteiger partial charge in [0.1, 0.15) is 27.0 Å². The number of carbonyl (C=O) groups is 2. The van der Waals surface area contributed by atoms with E-state index in [1.807, 2.05) is 12.1 Å². The summed E-state index contributed by atoms with van der Waals surface area (Å²) in [5.74, 6) is -0.672. The fourth-order valence-electron chi connectivity index (χ4n) is 4.20. The van der Waals surface area contributed by atoms with E-state index in [-0.39, 0.29) is 33.5 Å². The number of ether oxygens (including phenoxy) is 1. The quantitative estimate of drug-likeness (QED) is 0.381. The molecule has 6 nitrogen and oxygen atoms in total. The van der Waals surface area contributed by atoms with E-state index in [0.29, 0.717) is 11.3 Å². The highest BCUT2D eigenvalue weighted by molar-refractivity contribution is 7.11. The summed E-state index contributed by atoms with van der Waals surface area (Å²) in [6.07, 6.45) is 3.82. The molecule has 0 unspecified atom stereocenters. The molecule has 1 aliphatic carbocycles. The lowest BCUT2D eigenvalue weighted by atomic mass is 10.0. The number of hydrogen-bond acceptors (Lipinski definition) is 5. The number of amides is 2. The summed E-state index contributed by atoms with van der Waals surface area (Å²) in [5, 5.41) is 3.12. The SMILES string of the molecule is COc1ccc(CN(C(=O)c2nsc(Cl)c2Cl)[C@@H](C(=O)NC2CCCC2)c2ccc(F)cc2)cc1. The average molecular weight is 536 g/mol. The molecule has 0 radical (unpaired) electrons. The maximum absolute atomic E-state index is 13.8. The minimum Gasteiger partial charge on any atom is -0.497 e. The van der Waals surface area contributed by atoms with Crippen LogP contribution < -0.4 is 10.1 Å². The molecule has 2 aromatic carbocycles. The van der Waals surface area contributed by atoms with Crippen LogP contribution in [0, 0.1) is 5.82 Å². The number of nitrogens with one attached hydrogen (secondary N) is 1. The molecular weight excluding hydrogens is 512 g/mol. The maximum atomic E-state index is 13.8. The molecule has 1 saturated carbocycles. The topological polar surface area (TPSA) is 71.5 Å². The van der Waals surface area contributed by atoms with Gasteiger partial charge < -0.3 is 15.0 Å². The number of methoxy groups -OCH3 is 1. The Labute approximate surface area is 217 Å². The number of rotatable bonds is 8. The van der Waals surface area contributed by atoms with Gasteiger partial charge in [-0.1, -0.05) is 60.3 Å². The van der Waals surface area contributed by atoms with Crippen LogP contribution in [-0.2, 0) is 11.3 Å². The van der Waals surface area contributed by atoms with Crippen molar-refractivity contribution in [1.29, 1.82) is 0 Å². The van der Waals surface area contributed by atoms with Gasteiger partial charge in [0.15, 0.2) is 5.69 Å². The maximum Gasteiger partial charge on any atom is 0.276 e. The zero-order chi connectivity index (χ0) is 24.9. The second-order valence-electron chi connectivity index (χ2n) is 8.34. The molecule has 0 spiro atoms. The highest BCUT2D eigenvalue weighted by Gasteiger charge is 2.35.